The van der Waals surface area contributed by atoms with E-state index in [1.165, 1.54) is 0 Å². The monoisotopic (exact) mass is 199 g/mol. The van der Waals surface area contributed by atoms with Gasteiger partial charge in [0, 0.05) is 13.1 Å². The molecule has 0 spiro atoms. The molecule has 1 fully saturated rings. The fourth-order valence-electron chi connectivity index (χ4n) is 1.10. The van der Waals surface area contributed by atoms with Crippen molar-refractivity contribution in [2.24, 2.45) is 0 Å². The van der Waals surface area contributed by atoms with E-state index in [1.54, 1.807) is 0 Å². The number of barbiturate groups is 1. The zero-order valence-corrected chi connectivity index (χ0v) is 8.24. The van der Waals surface area contributed by atoms with E-state index >= 15 is 0 Å². The minimum atomic E-state index is -0.617. The lowest BCUT2D eigenvalue weighted by molar-refractivity contribution is -0.136. The normalized spacial score (nSPS) is 17.6. The van der Waals surface area contributed by atoms with Crippen molar-refractivity contribution in [3.05, 3.63) is 0 Å². The second-order valence-electron chi connectivity index (χ2n) is 3.38. The van der Waals surface area contributed by atoms with Crippen molar-refractivity contribution in [2.45, 2.75) is 6.42 Å². The number of rotatable bonds is 3. The second kappa shape index (κ2) is 4.19. The molecule has 0 bridgehead atoms. The summed E-state index contributed by atoms with van der Waals surface area (Å²) in [6.07, 6.45) is -0.237. The van der Waals surface area contributed by atoms with Crippen LogP contribution in [0.25, 0.3) is 0 Å². The van der Waals surface area contributed by atoms with Gasteiger partial charge in [0.25, 0.3) is 0 Å². The Bertz CT molecular complexity index is 255. The van der Waals surface area contributed by atoms with Gasteiger partial charge in [-0.05, 0) is 14.1 Å². The van der Waals surface area contributed by atoms with Crippen LogP contribution in [-0.2, 0) is 9.59 Å². The third kappa shape index (κ3) is 2.53. The van der Waals surface area contributed by atoms with Crippen molar-refractivity contribution in [1.29, 1.82) is 0 Å². The summed E-state index contributed by atoms with van der Waals surface area (Å²) in [7, 11) is 3.69. The van der Waals surface area contributed by atoms with E-state index in [0.29, 0.717) is 13.1 Å². The number of urea groups is 1. The van der Waals surface area contributed by atoms with Gasteiger partial charge in [0.2, 0.25) is 11.8 Å². The molecule has 1 rings (SSSR count). The molecule has 1 aliphatic rings. The number of imide groups is 2. The summed E-state index contributed by atoms with van der Waals surface area (Å²) in [5.41, 5.74) is 0. The Morgan fingerprint density at radius 2 is 2.00 bits per heavy atom. The van der Waals surface area contributed by atoms with Crippen LogP contribution in [0.5, 0.6) is 0 Å². The zero-order chi connectivity index (χ0) is 10.7. The fraction of sp³-hybridized carbons (Fsp3) is 0.625. The van der Waals surface area contributed by atoms with Crippen molar-refractivity contribution in [3.63, 3.8) is 0 Å². The Labute approximate surface area is 81.8 Å². The van der Waals surface area contributed by atoms with E-state index in [2.05, 4.69) is 5.32 Å². The van der Waals surface area contributed by atoms with Gasteiger partial charge in [-0.1, -0.05) is 0 Å². The summed E-state index contributed by atoms with van der Waals surface area (Å²) in [4.78, 5) is 36.1. The second-order valence-corrected chi connectivity index (χ2v) is 3.38. The molecule has 0 unspecified atom stereocenters. The summed E-state index contributed by atoms with van der Waals surface area (Å²) in [6.45, 7) is 0.901. The number of amides is 4. The molecule has 1 heterocycles. The molecule has 6 nitrogen and oxygen atoms in total. The van der Waals surface area contributed by atoms with Crippen molar-refractivity contribution in [2.75, 3.05) is 27.2 Å². The lowest BCUT2D eigenvalue weighted by atomic mass is 10.3. The quantitative estimate of drug-likeness (QED) is 0.593. The maximum atomic E-state index is 11.3. The van der Waals surface area contributed by atoms with Crippen LogP contribution in [-0.4, -0.2) is 54.8 Å². The van der Waals surface area contributed by atoms with Crippen molar-refractivity contribution in [1.82, 2.24) is 15.1 Å². The number of carbonyl (C=O) groups excluding carboxylic acids is 3. The predicted molar refractivity (Wildman–Crippen MR) is 48.4 cm³/mol. The third-order valence-corrected chi connectivity index (χ3v) is 1.88. The van der Waals surface area contributed by atoms with E-state index in [-0.39, 0.29) is 6.42 Å². The van der Waals surface area contributed by atoms with Crippen LogP contribution < -0.4 is 5.32 Å². The molecular weight excluding hydrogens is 186 g/mol. The van der Waals surface area contributed by atoms with E-state index in [1.807, 2.05) is 19.0 Å². The smallest absolute Gasteiger partial charge is 0.308 e. The van der Waals surface area contributed by atoms with E-state index < -0.39 is 17.8 Å². The predicted octanol–water partition coefficient (Wildman–Crippen LogP) is -0.983. The van der Waals surface area contributed by atoms with E-state index in [0.717, 1.165) is 4.90 Å². The summed E-state index contributed by atoms with van der Waals surface area (Å²) < 4.78 is 0. The molecule has 0 aromatic heterocycles. The molecule has 0 saturated carbocycles. The van der Waals surface area contributed by atoms with Gasteiger partial charge in [0.05, 0.1) is 0 Å². The first-order valence-corrected chi connectivity index (χ1v) is 4.29. The average molecular weight is 199 g/mol. The molecule has 14 heavy (non-hydrogen) atoms. The Morgan fingerprint density at radius 1 is 1.36 bits per heavy atom. The van der Waals surface area contributed by atoms with Crippen LogP contribution >= 0.6 is 0 Å². The highest BCUT2D eigenvalue weighted by Crippen LogP contribution is 2.01. The summed E-state index contributed by atoms with van der Waals surface area (Å²) >= 11 is 0. The van der Waals surface area contributed by atoms with Crippen LogP contribution in [0.1, 0.15) is 6.42 Å². The van der Waals surface area contributed by atoms with Gasteiger partial charge in [0.1, 0.15) is 6.42 Å². The fourth-order valence-corrected chi connectivity index (χ4v) is 1.10. The van der Waals surface area contributed by atoms with Crippen LogP contribution in [0.3, 0.4) is 0 Å². The molecule has 0 aromatic rings. The van der Waals surface area contributed by atoms with E-state index in [9.17, 15) is 14.4 Å². The molecule has 0 atom stereocenters. The molecular formula is C8H13N3O3. The highest BCUT2D eigenvalue weighted by atomic mass is 16.2. The van der Waals surface area contributed by atoms with Crippen LogP contribution in [0.4, 0.5) is 4.79 Å². The number of nitrogens with one attached hydrogen (secondary N) is 1. The standard InChI is InChI=1S/C8H13N3O3/c1-10(2)3-4-11-7(13)5-6(12)9-8(11)14/h3-5H2,1-2H3,(H,9,12,14). The molecule has 4 amide bonds. The first-order valence-electron chi connectivity index (χ1n) is 4.29. The van der Waals surface area contributed by atoms with Crippen molar-refractivity contribution >= 4 is 17.8 Å². The van der Waals surface area contributed by atoms with Crippen LogP contribution in [0.2, 0.25) is 0 Å². The molecule has 0 aromatic carbocycles. The van der Waals surface area contributed by atoms with Crippen LogP contribution in [0.15, 0.2) is 0 Å². The van der Waals surface area contributed by atoms with Gasteiger partial charge in [-0.2, -0.15) is 0 Å². The largest absolute Gasteiger partial charge is 0.330 e. The maximum absolute atomic E-state index is 11.3. The topological polar surface area (TPSA) is 69.7 Å². The van der Waals surface area contributed by atoms with Gasteiger partial charge in [-0.25, -0.2) is 4.79 Å². The third-order valence-electron chi connectivity index (χ3n) is 1.88. The lowest BCUT2D eigenvalue weighted by Crippen LogP contribution is -2.54. The molecule has 1 saturated heterocycles. The van der Waals surface area contributed by atoms with Crippen molar-refractivity contribution < 1.29 is 14.4 Å². The van der Waals surface area contributed by atoms with Gasteiger partial charge >= 0.3 is 6.03 Å². The molecule has 0 radical (unpaired) electrons. The highest BCUT2D eigenvalue weighted by molar-refractivity contribution is 6.14. The average Bonchev–Trinajstić information content (AvgIpc) is 2.01. The van der Waals surface area contributed by atoms with Gasteiger partial charge < -0.3 is 4.90 Å². The Hall–Kier alpha value is -1.43. The SMILES string of the molecule is CN(C)CCN1C(=O)CC(=O)NC1=O. The van der Waals surface area contributed by atoms with Gasteiger partial charge in [-0.3, -0.25) is 19.8 Å². The molecule has 78 valence electrons. The lowest BCUT2D eigenvalue weighted by Gasteiger charge is -2.25. The van der Waals surface area contributed by atoms with E-state index in [4.69, 9.17) is 0 Å². The van der Waals surface area contributed by atoms with Gasteiger partial charge in [0.15, 0.2) is 0 Å². The number of hydrogen-bond donors (Lipinski definition) is 1. The molecule has 6 heteroatoms. The minimum absolute atomic E-state index is 0.237. The first kappa shape index (κ1) is 10.6. The van der Waals surface area contributed by atoms with Crippen LogP contribution in [0, 0.1) is 0 Å². The Balaban J connectivity index is 2.54. The van der Waals surface area contributed by atoms with Crippen molar-refractivity contribution in [3.8, 4) is 0 Å². The summed E-state index contributed by atoms with van der Waals surface area (Å²) in [5, 5.41) is 2.09. The number of nitrogens with zero attached hydrogens (tertiary/aromatic N) is 2. The molecule has 1 aliphatic heterocycles. The zero-order valence-electron chi connectivity index (χ0n) is 8.24. The minimum Gasteiger partial charge on any atom is -0.308 e. The Kier molecular flexibility index (Phi) is 3.19. The van der Waals surface area contributed by atoms with Gasteiger partial charge in [-0.15, -0.1) is 0 Å². The Morgan fingerprint density at radius 3 is 2.50 bits per heavy atom. The number of likely N-dealkylation sites (N-methyl/N-ethyl adjacent to an activating group) is 1. The summed E-state index contributed by atoms with van der Waals surface area (Å²) in [5.74, 6) is -0.957. The highest BCUT2D eigenvalue weighted by Gasteiger charge is 2.30. The summed E-state index contributed by atoms with van der Waals surface area (Å²) in [6, 6.07) is -0.617. The molecule has 0 aliphatic carbocycles. The molecule has 1 N–H and O–H groups in total. The number of hydrogen-bond acceptors (Lipinski definition) is 4. The number of carbonyl (C=O) groups is 3. The maximum Gasteiger partial charge on any atom is 0.330 e. The first-order chi connectivity index (χ1) is 6.50.